The lowest BCUT2D eigenvalue weighted by atomic mass is 9.98. The average Bonchev–Trinajstić information content (AvgIpc) is 3.39. The summed E-state index contributed by atoms with van der Waals surface area (Å²) >= 11 is 0. The number of carbonyl (C=O) groups is 1. The number of nitrogens with zero attached hydrogens (tertiary/aromatic N) is 3. The van der Waals surface area contributed by atoms with Gasteiger partial charge in [-0.15, -0.1) is 0 Å². The van der Waals surface area contributed by atoms with Gasteiger partial charge in [-0.1, -0.05) is 39.8 Å². The standard InChI is InChI=1S/C30H40N4O2/c1-18(2)29-32-25-12-20(5)6-9-26(25)34(29)27-10-11-33(17-28(27)35)16-21-13-22-7-8-24(15-23(22)14-21)31-30(36)19(3)4/h6-9,12,15,18-19,21,27-28,35H,10-11,13-14,16-17H2,1-5H3,(H,31,36)/t21-,27-,28-/m1/s1. The third-order valence-electron chi connectivity index (χ3n) is 7.88. The van der Waals surface area contributed by atoms with Crippen LogP contribution in [0.1, 0.15) is 68.6 Å². The van der Waals surface area contributed by atoms with E-state index in [9.17, 15) is 9.90 Å². The van der Waals surface area contributed by atoms with Crippen LogP contribution < -0.4 is 5.32 Å². The van der Waals surface area contributed by atoms with Gasteiger partial charge < -0.3 is 19.9 Å². The molecule has 3 atom stereocenters. The molecule has 0 unspecified atom stereocenters. The van der Waals surface area contributed by atoms with Gasteiger partial charge in [-0.05, 0) is 73.1 Å². The number of piperidine rings is 1. The highest BCUT2D eigenvalue weighted by Gasteiger charge is 2.34. The zero-order valence-corrected chi connectivity index (χ0v) is 22.3. The molecule has 6 heteroatoms. The fourth-order valence-electron chi connectivity index (χ4n) is 6.00. The van der Waals surface area contributed by atoms with Crippen molar-refractivity contribution in [2.24, 2.45) is 11.8 Å². The number of hydrogen-bond acceptors (Lipinski definition) is 4. The number of hydrogen-bond donors (Lipinski definition) is 2. The smallest absolute Gasteiger partial charge is 0.226 e. The van der Waals surface area contributed by atoms with Crippen molar-refractivity contribution in [3.05, 3.63) is 58.9 Å². The van der Waals surface area contributed by atoms with E-state index in [-0.39, 0.29) is 17.9 Å². The summed E-state index contributed by atoms with van der Waals surface area (Å²) in [5.74, 6) is 1.95. The zero-order valence-electron chi connectivity index (χ0n) is 22.3. The highest BCUT2D eigenvalue weighted by molar-refractivity contribution is 5.92. The van der Waals surface area contributed by atoms with Crippen LogP contribution in [0.4, 0.5) is 5.69 Å². The second-order valence-electron chi connectivity index (χ2n) is 11.6. The second-order valence-corrected chi connectivity index (χ2v) is 11.6. The number of carbonyl (C=O) groups excluding carboxylic acids is 1. The summed E-state index contributed by atoms with van der Waals surface area (Å²) in [5.41, 5.74) is 7.01. The molecule has 1 saturated heterocycles. The molecule has 192 valence electrons. The summed E-state index contributed by atoms with van der Waals surface area (Å²) < 4.78 is 2.32. The lowest BCUT2D eigenvalue weighted by Crippen LogP contribution is -2.46. The minimum absolute atomic E-state index is 0.0265. The Morgan fingerprint density at radius 1 is 1.11 bits per heavy atom. The second kappa shape index (κ2) is 9.98. The Morgan fingerprint density at radius 3 is 2.61 bits per heavy atom. The first-order chi connectivity index (χ1) is 17.2. The van der Waals surface area contributed by atoms with E-state index < -0.39 is 6.10 Å². The van der Waals surface area contributed by atoms with Crippen LogP contribution in [-0.2, 0) is 17.6 Å². The first kappa shape index (κ1) is 25.0. The fraction of sp³-hybridized carbons (Fsp3) is 0.533. The van der Waals surface area contributed by atoms with E-state index >= 15 is 0 Å². The van der Waals surface area contributed by atoms with Crippen molar-refractivity contribution >= 4 is 22.6 Å². The van der Waals surface area contributed by atoms with Crippen molar-refractivity contribution < 1.29 is 9.90 Å². The number of benzene rings is 2. The zero-order chi connectivity index (χ0) is 25.6. The number of aryl methyl sites for hydroxylation is 1. The first-order valence-electron chi connectivity index (χ1n) is 13.5. The molecule has 2 aliphatic rings. The predicted molar refractivity (Wildman–Crippen MR) is 145 cm³/mol. The van der Waals surface area contributed by atoms with Crippen LogP contribution in [0.2, 0.25) is 0 Å². The average molecular weight is 489 g/mol. The van der Waals surface area contributed by atoms with Crippen LogP contribution >= 0.6 is 0 Å². The third kappa shape index (κ3) is 4.94. The summed E-state index contributed by atoms with van der Waals surface area (Å²) in [5, 5.41) is 14.3. The Bertz CT molecular complexity index is 1260. The van der Waals surface area contributed by atoms with Crippen LogP contribution in [0, 0.1) is 18.8 Å². The van der Waals surface area contributed by atoms with Gasteiger partial charge in [-0.3, -0.25) is 4.79 Å². The SMILES string of the molecule is Cc1ccc2c(c1)nc(C(C)C)n2[C@@H]1CCN(C[C@@H]2Cc3ccc(NC(=O)C(C)C)cc3C2)C[C@H]1O. The summed E-state index contributed by atoms with van der Waals surface area (Å²) in [6.45, 7) is 13.0. The Morgan fingerprint density at radius 2 is 1.89 bits per heavy atom. The predicted octanol–water partition coefficient (Wildman–Crippen LogP) is 5.09. The van der Waals surface area contributed by atoms with Crippen LogP contribution in [0.5, 0.6) is 0 Å². The largest absolute Gasteiger partial charge is 0.390 e. The number of rotatable bonds is 6. The Labute approximate surface area is 214 Å². The fourth-order valence-corrected chi connectivity index (χ4v) is 6.00. The van der Waals surface area contributed by atoms with Gasteiger partial charge in [-0.25, -0.2) is 4.98 Å². The number of aliphatic hydroxyl groups excluding tert-OH is 1. The maximum absolute atomic E-state index is 12.1. The van der Waals surface area contributed by atoms with E-state index in [1.165, 1.54) is 16.7 Å². The van der Waals surface area contributed by atoms with Gasteiger partial charge in [0.2, 0.25) is 5.91 Å². The quantitative estimate of drug-likeness (QED) is 0.507. The van der Waals surface area contributed by atoms with E-state index in [0.717, 1.165) is 54.9 Å². The Balaban J connectivity index is 1.24. The third-order valence-corrected chi connectivity index (χ3v) is 7.88. The summed E-state index contributed by atoms with van der Waals surface area (Å²) in [4.78, 5) is 19.5. The molecular weight excluding hydrogens is 448 g/mol. The minimum Gasteiger partial charge on any atom is -0.390 e. The summed E-state index contributed by atoms with van der Waals surface area (Å²) in [6, 6.07) is 12.9. The molecule has 1 aliphatic carbocycles. The monoisotopic (exact) mass is 488 g/mol. The molecule has 1 fully saturated rings. The normalized spacial score (nSPS) is 22.5. The molecular formula is C30H40N4O2. The van der Waals surface area contributed by atoms with Crippen LogP contribution in [0.25, 0.3) is 11.0 Å². The molecule has 2 aromatic carbocycles. The first-order valence-corrected chi connectivity index (χ1v) is 13.5. The van der Waals surface area contributed by atoms with E-state index in [4.69, 9.17) is 4.98 Å². The number of nitrogens with one attached hydrogen (secondary N) is 1. The molecule has 1 aromatic heterocycles. The lowest BCUT2D eigenvalue weighted by molar-refractivity contribution is -0.118. The van der Waals surface area contributed by atoms with E-state index in [1.807, 2.05) is 19.9 Å². The number of fused-ring (bicyclic) bond motifs is 2. The topological polar surface area (TPSA) is 70.4 Å². The summed E-state index contributed by atoms with van der Waals surface area (Å²) in [7, 11) is 0. The molecule has 0 spiro atoms. The van der Waals surface area contributed by atoms with Gasteiger partial charge in [0.05, 0.1) is 23.2 Å². The van der Waals surface area contributed by atoms with Gasteiger partial charge in [0.15, 0.2) is 0 Å². The maximum atomic E-state index is 12.1. The van der Waals surface area contributed by atoms with Gasteiger partial charge in [0.25, 0.3) is 0 Å². The molecule has 6 nitrogen and oxygen atoms in total. The number of aliphatic hydroxyl groups is 1. The number of aromatic nitrogens is 2. The van der Waals surface area contributed by atoms with Crippen molar-refractivity contribution in [1.82, 2.24) is 14.5 Å². The summed E-state index contributed by atoms with van der Waals surface area (Å²) in [6.07, 6.45) is 2.59. The van der Waals surface area contributed by atoms with Gasteiger partial charge in [0.1, 0.15) is 5.82 Å². The van der Waals surface area contributed by atoms with Crippen molar-refractivity contribution in [3.63, 3.8) is 0 Å². The highest BCUT2D eigenvalue weighted by atomic mass is 16.3. The molecule has 2 heterocycles. The highest BCUT2D eigenvalue weighted by Crippen LogP contribution is 2.34. The van der Waals surface area contributed by atoms with Crippen molar-refractivity contribution in [1.29, 1.82) is 0 Å². The van der Waals surface area contributed by atoms with Crippen LogP contribution in [-0.4, -0.2) is 51.2 Å². The number of imidazole rings is 1. The molecule has 5 rings (SSSR count). The molecule has 36 heavy (non-hydrogen) atoms. The van der Waals surface area contributed by atoms with Crippen molar-refractivity contribution in [2.45, 2.75) is 71.9 Å². The minimum atomic E-state index is -0.420. The van der Waals surface area contributed by atoms with Crippen molar-refractivity contribution in [2.75, 3.05) is 25.0 Å². The van der Waals surface area contributed by atoms with Crippen LogP contribution in [0.15, 0.2) is 36.4 Å². The van der Waals surface area contributed by atoms with E-state index in [2.05, 4.69) is 65.9 Å². The lowest BCUT2D eigenvalue weighted by Gasteiger charge is -2.38. The van der Waals surface area contributed by atoms with Crippen LogP contribution in [0.3, 0.4) is 0 Å². The van der Waals surface area contributed by atoms with Gasteiger partial charge in [0, 0.05) is 37.2 Å². The van der Waals surface area contributed by atoms with Gasteiger partial charge in [-0.2, -0.15) is 0 Å². The molecule has 1 amide bonds. The number of likely N-dealkylation sites (tertiary alicyclic amines) is 1. The molecule has 1 aliphatic heterocycles. The number of amides is 1. The van der Waals surface area contributed by atoms with E-state index in [1.54, 1.807) is 0 Å². The Kier molecular flexibility index (Phi) is 6.92. The molecule has 0 radical (unpaired) electrons. The number of β-amino-alcohol motifs (C(OH)–C–C–N with tert-alkyl or cyclic N) is 1. The molecule has 0 saturated carbocycles. The van der Waals surface area contributed by atoms with Crippen molar-refractivity contribution in [3.8, 4) is 0 Å². The molecule has 2 N–H and O–H groups in total. The maximum Gasteiger partial charge on any atom is 0.226 e. The van der Waals surface area contributed by atoms with Gasteiger partial charge >= 0.3 is 0 Å². The Hall–Kier alpha value is -2.70. The molecule has 0 bridgehead atoms. The number of anilines is 1. The molecule has 3 aromatic rings. The van der Waals surface area contributed by atoms with E-state index in [0.29, 0.717) is 18.4 Å².